The Hall–Kier alpha value is -2.20. The first-order valence-corrected chi connectivity index (χ1v) is 6.21. The number of rotatable bonds is 5. The van der Waals surface area contributed by atoms with Gasteiger partial charge in [0.05, 0.1) is 0 Å². The van der Waals surface area contributed by atoms with E-state index in [1.54, 1.807) is 6.20 Å². The zero-order valence-corrected chi connectivity index (χ0v) is 10.9. The molecule has 0 saturated carbocycles. The number of benzene rings is 1. The Labute approximate surface area is 112 Å². The lowest BCUT2D eigenvalue weighted by Gasteiger charge is -2.10. The van der Waals surface area contributed by atoms with Gasteiger partial charge in [0.15, 0.2) is 0 Å². The Balaban J connectivity index is 1.94. The Morgan fingerprint density at radius 2 is 2.00 bits per heavy atom. The third kappa shape index (κ3) is 4.19. The van der Waals surface area contributed by atoms with Crippen molar-refractivity contribution in [3.05, 3.63) is 59.9 Å². The minimum Gasteiger partial charge on any atom is -0.326 e. The molecule has 0 radical (unpaired) electrons. The minimum atomic E-state index is -0.0558. The average molecular weight is 255 g/mol. The fourth-order valence-electron chi connectivity index (χ4n) is 1.83. The van der Waals surface area contributed by atoms with Crippen molar-refractivity contribution in [3.8, 4) is 0 Å². The number of hydrogen-bond acceptors (Lipinski definition) is 3. The molecule has 0 atom stereocenters. The SMILES string of the molecule is CC(=O)Nc1ccccc1CNCc1cccnc1. The molecule has 0 fully saturated rings. The van der Waals surface area contributed by atoms with Crippen LogP contribution in [0.1, 0.15) is 18.1 Å². The van der Waals surface area contributed by atoms with Crippen LogP contribution in [0, 0.1) is 0 Å². The van der Waals surface area contributed by atoms with E-state index in [0.29, 0.717) is 6.54 Å². The molecule has 1 heterocycles. The van der Waals surface area contributed by atoms with E-state index in [4.69, 9.17) is 0 Å². The molecule has 4 heteroatoms. The van der Waals surface area contributed by atoms with Gasteiger partial charge in [-0.3, -0.25) is 9.78 Å². The lowest BCUT2D eigenvalue weighted by atomic mass is 10.1. The van der Waals surface area contributed by atoms with Crippen molar-refractivity contribution in [1.82, 2.24) is 10.3 Å². The van der Waals surface area contributed by atoms with Gasteiger partial charge in [-0.1, -0.05) is 24.3 Å². The van der Waals surface area contributed by atoms with Gasteiger partial charge in [0.1, 0.15) is 0 Å². The molecule has 1 aromatic carbocycles. The molecule has 0 saturated heterocycles. The van der Waals surface area contributed by atoms with Gasteiger partial charge in [0, 0.05) is 38.1 Å². The Morgan fingerprint density at radius 3 is 2.74 bits per heavy atom. The molecule has 4 nitrogen and oxygen atoms in total. The first kappa shape index (κ1) is 13.2. The standard InChI is InChI=1S/C15H17N3O/c1-12(19)18-15-7-3-2-6-14(15)11-17-10-13-5-4-8-16-9-13/h2-9,17H,10-11H2,1H3,(H,18,19). The first-order valence-electron chi connectivity index (χ1n) is 6.21. The molecule has 0 aliphatic heterocycles. The highest BCUT2D eigenvalue weighted by Gasteiger charge is 2.02. The zero-order chi connectivity index (χ0) is 13.5. The topological polar surface area (TPSA) is 54.0 Å². The number of anilines is 1. The number of carbonyl (C=O) groups is 1. The maximum Gasteiger partial charge on any atom is 0.221 e. The zero-order valence-electron chi connectivity index (χ0n) is 10.9. The van der Waals surface area contributed by atoms with E-state index in [-0.39, 0.29) is 5.91 Å². The number of para-hydroxylation sites is 1. The Morgan fingerprint density at radius 1 is 1.16 bits per heavy atom. The van der Waals surface area contributed by atoms with Gasteiger partial charge in [-0.15, -0.1) is 0 Å². The van der Waals surface area contributed by atoms with Crippen molar-refractivity contribution in [2.24, 2.45) is 0 Å². The van der Waals surface area contributed by atoms with Crippen LogP contribution in [0.5, 0.6) is 0 Å². The summed E-state index contributed by atoms with van der Waals surface area (Å²) in [5, 5.41) is 6.17. The lowest BCUT2D eigenvalue weighted by molar-refractivity contribution is -0.114. The van der Waals surface area contributed by atoms with Gasteiger partial charge in [0.25, 0.3) is 0 Å². The van der Waals surface area contributed by atoms with Crippen molar-refractivity contribution in [2.45, 2.75) is 20.0 Å². The molecule has 2 aromatic rings. The minimum absolute atomic E-state index is 0.0558. The summed E-state index contributed by atoms with van der Waals surface area (Å²) in [6.45, 7) is 2.97. The van der Waals surface area contributed by atoms with Crippen molar-refractivity contribution in [1.29, 1.82) is 0 Å². The number of aromatic nitrogens is 1. The van der Waals surface area contributed by atoms with Crippen LogP contribution in [-0.2, 0) is 17.9 Å². The highest BCUT2D eigenvalue weighted by atomic mass is 16.1. The van der Waals surface area contributed by atoms with Gasteiger partial charge in [-0.05, 0) is 23.3 Å². The van der Waals surface area contributed by atoms with Crippen LogP contribution in [0.15, 0.2) is 48.8 Å². The molecule has 98 valence electrons. The van der Waals surface area contributed by atoms with Gasteiger partial charge < -0.3 is 10.6 Å². The van der Waals surface area contributed by atoms with E-state index in [1.165, 1.54) is 6.92 Å². The van der Waals surface area contributed by atoms with Crippen molar-refractivity contribution in [3.63, 3.8) is 0 Å². The molecule has 0 aliphatic rings. The third-order valence-electron chi connectivity index (χ3n) is 2.70. The molecular weight excluding hydrogens is 238 g/mol. The molecule has 2 N–H and O–H groups in total. The van der Waals surface area contributed by atoms with Gasteiger partial charge in [-0.2, -0.15) is 0 Å². The predicted molar refractivity (Wildman–Crippen MR) is 75.5 cm³/mol. The molecular formula is C15H17N3O. The summed E-state index contributed by atoms with van der Waals surface area (Å²) in [6, 6.07) is 11.7. The van der Waals surface area contributed by atoms with Crippen LogP contribution < -0.4 is 10.6 Å². The maximum atomic E-state index is 11.1. The van der Waals surface area contributed by atoms with E-state index < -0.39 is 0 Å². The molecule has 0 unspecified atom stereocenters. The largest absolute Gasteiger partial charge is 0.326 e. The molecule has 0 aliphatic carbocycles. The monoisotopic (exact) mass is 255 g/mol. The number of carbonyl (C=O) groups excluding carboxylic acids is 1. The van der Waals surface area contributed by atoms with Crippen LogP contribution in [0.2, 0.25) is 0 Å². The van der Waals surface area contributed by atoms with Crippen LogP contribution in [-0.4, -0.2) is 10.9 Å². The number of nitrogens with one attached hydrogen (secondary N) is 2. The second-order valence-electron chi connectivity index (χ2n) is 4.30. The predicted octanol–water partition coefficient (Wildman–Crippen LogP) is 2.33. The number of amides is 1. The van der Waals surface area contributed by atoms with Crippen LogP contribution in [0.25, 0.3) is 0 Å². The fourth-order valence-corrected chi connectivity index (χ4v) is 1.83. The van der Waals surface area contributed by atoms with E-state index in [0.717, 1.165) is 23.4 Å². The number of hydrogen-bond donors (Lipinski definition) is 2. The first-order chi connectivity index (χ1) is 9.25. The molecule has 1 amide bonds. The second kappa shape index (κ2) is 6.66. The van der Waals surface area contributed by atoms with E-state index in [2.05, 4.69) is 15.6 Å². The number of pyridine rings is 1. The van der Waals surface area contributed by atoms with Gasteiger partial charge in [0.2, 0.25) is 5.91 Å². The van der Waals surface area contributed by atoms with Gasteiger partial charge in [-0.25, -0.2) is 0 Å². The van der Waals surface area contributed by atoms with Crippen molar-refractivity contribution in [2.75, 3.05) is 5.32 Å². The normalized spacial score (nSPS) is 10.2. The Kier molecular flexibility index (Phi) is 4.64. The summed E-state index contributed by atoms with van der Waals surface area (Å²) < 4.78 is 0. The summed E-state index contributed by atoms with van der Waals surface area (Å²) in [4.78, 5) is 15.2. The van der Waals surface area contributed by atoms with Crippen LogP contribution in [0.4, 0.5) is 5.69 Å². The molecule has 19 heavy (non-hydrogen) atoms. The highest BCUT2D eigenvalue weighted by Crippen LogP contribution is 2.14. The quantitative estimate of drug-likeness (QED) is 0.862. The third-order valence-corrected chi connectivity index (χ3v) is 2.70. The van der Waals surface area contributed by atoms with E-state index in [1.807, 2.05) is 42.6 Å². The summed E-state index contributed by atoms with van der Waals surface area (Å²) in [6.07, 6.45) is 3.60. The highest BCUT2D eigenvalue weighted by molar-refractivity contribution is 5.89. The molecule has 2 rings (SSSR count). The maximum absolute atomic E-state index is 11.1. The summed E-state index contributed by atoms with van der Waals surface area (Å²) in [7, 11) is 0. The second-order valence-corrected chi connectivity index (χ2v) is 4.30. The summed E-state index contributed by atoms with van der Waals surface area (Å²) in [5.74, 6) is -0.0558. The van der Waals surface area contributed by atoms with Crippen LogP contribution >= 0.6 is 0 Å². The Bertz CT molecular complexity index is 540. The molecule has 1 aromatic heterocycles. The summed E-state index contributed by atoms with van der Waals surface area (Å²) >= 11 is 0. The molecule has 0 bridgehead atoms. The van der Waals surface area contributed by atoms with Crippen LogP contribution in [0.3, 0.4) is 0 Å². The molecule has 0 spiro atoms. The van der Waals surface area contributed by atoms with E-state index >= 15 is 0 Å². The number of nitrogens with zero attached hydrogens (tertiary/aromatic N) is 1. The fraction of sp³-hybridized carbons (Fsp3) is 0.200. The van der Waals surface area contributed by atoms with E-state index in [9.17, 15) is 4.79 Å². The lowest BCUT2D eigenvalue weighted by Crippen LogP contribution is -2.15. The van der Waals surface area contributed by atoms with Gasteiger partial charge >= 0.3 is 0 Å². The van der Waals surface area contributed by atoms with Crippen molar-refractivity contribution < 1.29 is 4.79 Å². The average Bonchev–Trinajstić information content (AvgIpc) is 2.41. The van der Waals surface area contributed by atoms with Crippen molar-refractivity contribution >= 4 is 11.6 Å². The smallest absolute Gasteiger partial charge is 0.221 e. The summed E-state index contributed by atoms with van der Waals surface area (Å²) in [5.41, 5.74) is 3.06.